The zero-order valence-electron chi connectivity index (χ0n) is 17.7. The third-order valence-corrected chi connectivity index (χ3v) is 5.95. The topological polar surface area (TPSA) is 75.1 Å². The molecule has 164 valence electrons. The monoisotopic (exact) mass is 454 g/mol. The number of carbonyl (C=O) groups is 1. The quantitative estimate of drug-likeness (QED) is 0.431. The van der Waals surface area contributed by atoms with Crippen LogP contribution in [0.25, 0.3) is 5.69 Å². The summed E-state index contributed by atoms with van der Waals surface area (Å²) < 4.78 is 2.10. The molecular formula is C25H22N6OS. The lowest BCUT2D eigenvalue weighted by Gasteiger charge is -2.28. The first-order valence-corrected chi connectivity index (χ1v) is 11.0. The molecule has 8 heteroatoms. The van der Waals surface area contributed by atoms with Gasteiger partial charge in [0.2, 0.25) is 5.91 Å². The number of carbonyl (C=O) groups excluding carboxylic acids is 1. The maximum atomic E-state index is 13.0. The minimum absolute atomic E-state index is 0.107. The molecule has 0 radical (unpaired) electrons. The van der Waals surface area contributed by atoms with Crippen molar-refractivity contribution in [1.82, 2.24) is 24.8 Å². The highest BCUT2D eigenvalue weighted by Gasteiger charge is 2.42. The Bertz CT molecular complexity index is 1250. The van der Waals surface area contributed by atoms with E-state index in [0.717, 1.165) is 22.8 Å². The maximum Gasteiger partial charge on any atom is 0.244 e. The smallest absolute Gasteiger partial charge is 0.244 e. The van der Waals surface area contributed by atoms with Crippen LogP contribution in [0.4, 0.5) is 5.69 Å². The predicted molar refractivity (Wildman–Crippen MR) is 131 cm³/mol. The molecular weight excluding hydrogens is 432 g/mol. The van der Waals surface area contributed by atoms with Crippen molar-refractivity contribution in [3.63, 3.8) is 0 Å². The second-order valence-corrected chi connectivity index (χ2v) is 8.06. The molecule has 1 amide bonds. The lowest BCUT2D eigenvalue weighted by atomic mass is 10.0. The number of pyridine rings is 2. The number of benzene rings is 1. The van der Waals surface area contributed by atoms with E-state index in [1.807, 2.05) is 77.8 Å². The Balaban J connectivity index is 1.51. The fraction of sp³-hybridized carbons (Fsp3) is 0.120. The Morgan fingerprint density at radius 2 is 1.76 bits per heavy atom. The highest BCUT2D eigenvalue weighted by atomic mass is 32.1. The lowest BCUT2D eigenvalue weighted by Crippen LogP contribution is -2.37. The van der Waals surface area contributed by atoms with Gasteiger partial charge >= 0.3 is 0 Å². The van der Waals surface area contributed by atoms with Crippen LogP contribution < -0.4 is 10.6 Å². The summed E-state index contributed by atoms with van der Waals surface area (Å²) >= 11 is 5.70. The number of hydrogen-bond donors (Lipinski definition) is 2. The van der Waals surface area contributed by atoms with Gasteiger partial charge in [-0.2, -0.15) is 0 Å². The second-order valence-electron chi connectivity index (χ2n) is 7.68. The van der Waals surface area contributed by atoms with Crippen LogP contribution in [0.2, 0.25) is 0 Å². The summed E-state index contributed by atoms with van der Waals surface area (Å²) in [6.07, 6.45) is 7.30. The standard InChI is InChI=1S/C25H22N6OS/c32-22(28-18-7-2-1-3-8-18)17-31-24(23(29-25(31)33)20-9-4-5-13-27-20)21-10-6-16-30(21)19-11-14-26-15-12-19/h1-16,23-24H,17H2,(H,28,32)(H,29,33)/t23-,24+/m1/s1. The van der Waals surface area contributed by atoms with E-state index in [0.29, 0.717) is 5.11 Å². The molecule has 0 spiro atoms. The Morgan fingerprint density at radius 1 is 0.970 bits per heavy atom. The van der Waals surface area contributed by atoms with Gasteiger partial charge in [0.15, 0.2) is 5.11 Å². The van der Waals surface area contributed by atoms with Gasteiger partial charge in [-0.15, -0.1) is 0 Å². The highest BCUT2D eigenvalue weighted by molar-refractivity contribution is 7.80. The van der Waals surface area contributed by atoms with Crippen LogP contribution in [-0.4, -0.2) is 37.0 Å². The van der Waals surface area contributed by atoms with Crippen molar-refractivity contribution in [2.75, 3.05) is 11.9 Å². The number of para-hydroxylation sites is 1. The number of thiocarbonyl (C=S) groups is 1. The first-order valence-electron chi connectivity index (χ1n) is 10.6. The number of hydrogen-bond acceptors (Lipinski definition) is 4. The fourth-order valence-electron chi connectivity index (χ4n) is 4.15. The van der Waals surface area contributed by atoms with Crippen LogP contribution in [-0.2, 0) is 4.79 Å². The Morgan fingerprint density at radius 3 is 2.52 bits per heavy atom. The van der Waals surface area contributed by atoms with E-state index in [-0.39, 0.29) is 24.5 Å². The predicted octanol–water partition coefficient (Wildman–Crippen LogP) is 3.88. The molecule has 33 heavy (non-hydrogen) atoms. The molecule has 1 aliphatic rings. The minimum Gasteiger partial charge on any atom is -0.352 e. The minimum atomic E-state index is -0.239. The summed E-state index contributed by atoms with van der Waals surface area (Å²) in [6.45, 7) is 0.107. The number of amides is 1. The Labute approximate surface area is 197 Å². The van der Waals surface area contributed by atoms with Gasteiger partial charge in [0.1, 0.15) is 6.54 Å². The largest absolute Gasteiger partial charge is 0.352 e. The zero-order chi connectivity index (χ0) is 22.6. The molecule has 7 nitrogen and oxygen atoms in total. The van der Waals surface area contributed by atoms with Gasteiger partial charge in [0.25, 0.3) is 0 Å². The molecule has 4 heterocycles. The molecule has 2 N–H and O–H groups in total. The maximum absolute atomic E-state index is 13.0. The highest BCUT2D eigenvalue weighted by Crippen LogP contribution is 2.39. The van der Waals surface area contributed by atoms with Gasteiger partial charge in [-0.1, -0.05) is 24.3 Å². The lowest BCUT2D eigenvalue weighted by molar-refractivity contribution is -0.116. The molecule has 4 aromatic rings. The van der Waals surface area contributed by atoms with Crippen LogP contribution in [0.1, 0.15) is 23.5 Å². The fourth-order valence-corrected chi connectivity index (χ4v) is 4.45. The molecule has 2 atom stereocenters. The average Bonchev–Trinajstić information content (AvgIpc) is 3.45. The van der Waals surface area contributed by atoms with Gasteiger partial charge in [-0.25, -0.2) is 0 Å². The van der Waals surface area contributed by atoms with Crippen LogP contribution in [0.5, 0.6) is 0 Å². The number of aromatic nitrogens is 3. The van der Waals surface area contributed by atoms with Crippen molar-refractivity contribution < 1.29 is 4.79 Å². The SMILES string of the molecule is O=C(CN1C(=S)N[C@H](c2ccccn2)[C@@H]1c1cccn1-c1ccncc1)Nc1ccccc1. The van der Waals surface area contributed by atoms with Crippen molar-refractivity contribution in [2.45, 2.75) is 12.1 Å². The van der Waals surface area contributed by atoms with E-state index in [2.05, 4.69) is 31.2 Å². The second kappa shape index (κ2) is 9.22. The van der Waals surface area contributed by atoms with Crippen LogP contribution in [0, 0.1) is 0 Å². The van der Waals surface area contributed by atoms with Crippen molar-refractivity contribution in [3.05, 3.63) is 109 Å². The first kappa shape index (κ1) is 20.8. The van der Waals surface area contributed by atoms with Crippen LogP contribution in [0.15, 0.2) is 97.6 Å². The molecule has 1 aliphatic heterocycles. The van der Waals surface area contributed by atoms with Gasteiger partial charge < -0.3 is 20.1 Å². The normalized spacial score (nSPS) is 17.6. The Hall–Kier alpha value is -4.04. The molecule has 0 unspecified atom stereocenters. The molecule has 1 saturated heterocycles. The van der Waals surface area contributed by atoms with Crippen molar-refractivity contribution in [3.8, 4) is 5.69 Å². The molecule has 3 aromatic heterocycles. The van der Waals surface area contributed by atoms with Crippen molar-refractivity contribution in [1.29, 1.82) is 0 Å². The van der Waals surface area contributed by atoms with E-state index in [9.17, 15) is 4.79 Å². The summed E-state index contributed by atoms with van der Waals surface area (Å²) in [7, 11) is 0. The third kappa shape index (κ3) is 4.33. The molecule has 0 saturated carbocycles. The first-order chi connectivity index (χ1) is 16.2. The number of anilines is 1. The van der Waals surface area contributed by atoms with Gasteiger partial charge in [-0.05, 0) is 60.7 Å². The van der Waals surface area contributed by atoms with Crippen LogP contribution >= 0.6 is 12.2 Å². The summed E-state index contributed by atoms with van der Waals surface area (Å²) in [5.74, 6) is -0.140. The molecule has 5 rings (SSSR count). The number of nitrogens with one attached hydrogen (secondary N) is 2. The van der Waals surface area contributed by atoms with Gasteiger partial charge in [0.05, 0.1) is 17.8 Å². The molecule has 0 bridgehead atoms. The van der Waals surface area contributed by atoms with E-state index < -0.39 is 0 Å². The summed E-state index contributed by atoms with van der Waals surface area (Å²) in [5.41, 5.74) is 3.59. The van der Waals surface area contributed by atoms with Crippen molar-refractivity contribution in [2.24, 2.45) is 0 Å². The third-order valence-electron chi connectivity index (χ3n) is 5.59. The molecule has 0 aliphatic carbocycles. The average molecular weight is 455 g/mol. The van der Waals surface area contributed by atoms with E-state index >= 15 is 0 Å². The molecule has 1 fully saturated rings. The summed E-state index contributed by atoms with van der Waals surface area (Å²) in [4.78, 5) is 23.6. The van der Waals surface area contributed by atoms with E-state index in [1.54, 1.807) is 18.6 Å². The van der Waals surface area contributed by atoms with Crippen LogP contribution in [0.3, 0.4) is 0 Å². The molecule has 1 aromatic carbocycles. The summed E-state index contributed by atoms with van der Waals surface area (Å²) in [6, 6.07) is 22.7. The summed E-state index contributed by atoms with van der Waals surface area (Å²) in [5, 5.41) is 6.87. The number of rotatable bonds is 6. The van der Waals surface area contributed by atoms with E-state index in [4.69, 9.17) is 12.2 Å². The van der Waals surface area contributed by atoms with E-state index in [1.165, 1.54) is 0 Å². The Kier molecular flexibility index (Phi) is 5.82. The van der Waals surface area contributed by atoms with Crippen molar-refractivity contribution >= 4 is 28.9 Å². The van der Waals surface area contributed by atoms with Gasteiger partial charge in [0, 0.05) is 41.9 Å². The number of nitrogens with zero attached hydrogens (tertiary/aromatic N) is 4. The zero-order valence-corrected chi connectivity index (χ0v) is 18.5. The van der Waals surface area contributed by atoms with Gasteiger partial charge in [-0.3, -0.25) is 14.8 Å².